The van der Waals surface area contributed by atoms with E-state index in [0.29, 0.717) is 24.1 Å². The van der Waals surface area contributed by atoms with E-state index in [0.717, 1.165) is 11.3 Å². The fourth-order valence-corrected chi connectivity index (χ4v) is 3.18. The number of nitrogens with zero attached hydrogens (tertiary/aromatic N) is 2. The Morgan fingerprint density at radius 3 is 2.77 bits per heavy atom. The van der Waals surface area contributed by atoms with E-state index in [4.69, 9.17) is 4.42 Å². The van der Waals surface area contributed by atoms with Crippen LogP contribution in [-0.4, -0.2) is 21.7 Å². The maximum atomic E-state index is 12.4. The lowest BCUT2D eigenvalue weighted by atomic mass is 9.85. The Balaban J connectivity index is 1.50. The third-order valence-electron chi connectivity index (χ3n) is 4.44. The molecule has 6 heteroatoms. The molecular formula is C20H17N3O3. The number of Topliss-reactive ketones (excluding diaryl/α,β-unsaturated/α-hetero) is 1. The van der Waals surface area contributed by atoms with Crippen molar-refractivity contribution in [3.63, 3.8) is 0 Å². The van der Waals surface area contributed by atoms with E-state index in [-0.39, 0.29) is 30.0 Å². The van der Waals surface area contributed by atoms with Gasteiger partial charge in [-0.3, -0.25) is 14.9 Å². The molecule has 1 aliphatic carbocycles. The zero-order chi connectivity index (χ0) is 17.9. The number of ketones is 1. The maximum Gasteiger partial charge on any atom is 0.231 e. The number of amides is 1. The molecule has 4 rings (SSSR count). The highest BCUT2D eigenvalue weighted by molar-refractivity contribution is 5.98. The summed E-state index contributed by atoms with van der Waals surface area (Å²) >= 11 is 0. The highest BCUT2D eigenvalue weighted by Crippen LogP contribution is 2.32. The van der Waals surface area contributed by atoms with Crippen molar-refractivity contribution in [1.29, 1.82) is 0 Å². The van der Waals surface area contributed by atoms with Gasteiger partial charge in [-0.1, -0.05) is 30.3 Å². The monoisotopic (exact) mass is 347 g/mol. The number of hydrogen-bond donors (Lipinski definition) is 1. The molecule has 3 aromatic rings. The molecule has 0 bridgehead atoms. The summed E-state index contributed by atoms with van der Waals surface area (Å²) in [6.45, 7) is 0. The smallest absolute Gasteiger partial charge is 0.231 e. The highest BCUT2D eigenvalue weighted by Gasteiger charge is 2.29. The summed E-state index contributed by atoms with van der Waals surface area (Å²) in [7, 11) is 0. The number of nitrogens with one attached hydrogen (secondary N) is 1. The summed E-state index contributed by atoms with van der Waals surface area (Å²) in [5.74, 6) is 0.762. The molecule has 2 heterocycles. The van der Waals surface area contributed by atoms with Gasteiger partial charge in [-0.05, 0) is 17.7 Å². The zero-order valence-electron chi connectivity index (χ0n) is 14.0. The van der Waals surface area contributed by atoms with Crippen LogP contribution >= 0.6 is 0 Å². The van der Waals surface area contributed by atoms with Crippen LogP contribution in [0.4, 0.5) is 5.95 Å². The maximum absolute atomic E-state index is 12.4. The van der Waals surface area contributed by atoms with Gasteiger partial charge < -0.3 is 4.42 Å². The first kappa shape index (κ1) is 16.2. The molecule has 0 aliphatic heterocycles. The van der Waals surface area contributed by atoms with Gasteiger partial charge >= 0.3 is 0 Å². The van der Waals surface area contributed by atoms with Gasteiger partial charge in [-0.25, -0.2) is 9.97 Å². The van der Waals surface area contributed by atoms with Gasteiger partial charge in [0.15, 0.2) is 5.78 Å². The molecule has 1 atom stereocenters. The Morgan fingerprint density at radius 1 is 1.15 bits per heavy atom. The number of carbonyl (C=O) groups is 2. The van der Waals surface area contributed by atoms with Gasteiger partial charge in [0.05, 0.1) is 23.9 Å². The second kappa shape index (κ2) is 6.92. The van der Waals surface area contributed by atoms with E-state index >= 15 is 0 Å². The van der Waals surface area contributed by atoms with E-state index < -0.39 is 0 Å². The molecule has 0 saturated heterocycles. The predicted octanol–water partition coefficient (Wildman–Crippen LogP) is 3.16. The van der Waals surface area contributed by atoms with Crippen molar-refractivity contribution in [1.82, 2.24) is 9.97 Å². The minimum Gasteiger partial charge on any atom is -0.469 e. The highest BCUT2D eigenvalue weighted by atomic mass is 16.3. The van der Waals surface area contributed by atoms with Crippen LogP contribution in [0.2, 0.25) is 0 Å². The van der Waals surface area contributed by atoms with Crippen LogP contribution in [0.3, 0.4) is 0 Å². The van der Waals surface area contributed by atoms with Gasteiger partial charge in [-0.2, -0.15) is 0 Å². The molecule has 0 saturated carbocycles. The number of fused-ring (bicyclic) bond motifs is 1. The Kier molecular flexibility index (Phi) is 4.31. The number of aromatic nitrogens is 2. The summed E-state index contributed by atoms with van der Waals surface area (Å²) in [4.78, 5) is 33.1. The van der Waals surface area contributed by atoms with Crippen LogP contribution in [0.25, 0.3) is 0 Å². The fourth-order valence-electron chi connectivity index (χ4n) is 3.18. The van der Waals surface area contributed by atoms with E-state index in [2.05, 4.69) is 15.3 Å². The van der Waals surface area contributed by atoms with E-state index in [1.165, 1.54) is 6.20 Å². The number of benzene rings is 1. The molecule has 0 unspecified atom stereocenters. The molecule has 1 aromatic carbocycles. The van der Waals surface area contributed by atoms with Crippen LogP contribution in [0, 0.1) is 0 Å². The van der Waals surface area contributed by atoms with Crippen LogP contribution in [0.15, 0.2) is 59.3 Å². The van der Waals surface area contributed by atoms with Crippen LogP contribution in [-0.2, 0) is 17.6 Å². The summed E-state index contributed by atoms with van der Waals surface area (Å²) in [5, 5.41) is 2.71. The van der Waals surface area contributed by atoms with Crippen molar-refractivity contribution >= 4 is 17.6 Å². The Morgan fingerprint density at radius 2 is 2.00 bits per heavy atom. The van der Waals surface area contributed by atoms with Crippen molar-refractivity contribution in [3.8, 4) is 0 Å². The molecule has 0 spiro atoms. The molecular weight excluding hydrogens is 330 g/mol. The quantitative estimate of drug-likeness (QED) is 0.783. The lowest BCUT2D eigenvalue weighted by molar-refractivity contribution is -0.115. The number of rotatable bonds is 4. The number of carbonyl (C=O) groups excluding carboxylic acids is 2. The van der Waals surface area contributed by atoms with Gasteiger partial charge in [0.25, 0.3) is 0 Å². The van der Waals surface area contributed by atoms with E-state index in [1.807, 2.05) is 42.5 Å². The summed E-state index contributed by atoms with van der Waals surface area (Å²) in [6, 6.07) is 13.1. The van der Waals surface area contributed by atoms with Crippen molar-refractivity contribution in [2.24, 2.45) is 0 Å². The zero-order valence-corrected chi connectivity index (χ0v) is 14.0. The summed E-state index contributed by atoms with van der Waals surface area (Å²) < 4.78 is 5.43. The lowest BCUT2D eigenvalue weighted by Gasteiger charge is -2.21. The molecule has 0 fully saturated rings. The molecule has 1 amide bonds. The van der Waals surface area contributed by atoms with Crippen molar-refractivity contribution in [2.75, 3.05) is 5.32 Å². The lowest BCUT2D eigenvalue weighted by Crippen LogP contribution is -2.22. The first-order chi connectivity index (χ1) is 12.7. The normalized spacial score (nSPS) is 16.2. The summed E-state index contributed by atoms with van der Waals surface area (Å²) in [5.41, 5.74) is 2.08. The molecule has 0 radical (unpaired) electrons. The van der Waals surface area contributed by atoms with Crippen LogP contribution in [0.5, 0.6) is 0 Å². The summed E-state index contributed by atoms with van der Waals surface area (Å²) in [6.07, 6.45) is 4.31. The van der Waals surface area contributed by atoms with Gasteiger partial charge in [0.1, 0.15) is 5.76 Å². The second-order valence-electron chi connectivity index (χ2n) is 6.31. The van der Waals surface area contributed by atoms with Crippen LogP contribution in [0.1, 0.15) is 39.7 Å². The largest absolute Gasteiger partial charge is 0.469 e. The molecule has 6 nitrogen and oxygen atoms in total. The third-order valence-corrected chi connectivity index (χ3v) is 4.44. The predicted molar refractivity (Wildman–Crippen MR) is 94.9 cm³/mol. The SMILES string of the molecule is O=C(Cc1ccccc1)Nc1ncc2c(n1)C[C@H](c1ccco1)CC2=O. The molecule has 1 aliphatic rings. The average Bonchev–Trinajstić information content (AvgIpc) is 3.17. The van der Waals surface area contributed by atoms with Crippen molar-refractivity contribution < 1.29 is 14.0 Å². The Labute approximate surface area is 150 Å². The molecule has 130 valence electrons. The standard InChI is InChI=1S/C20H17N3O3/c24-17-11-14(18-7-4-8-26-18)10-16-15(17)12-21-20(22-16)23-19(25)9-13-5-2-1-3-6-13/h1-8,12,14H,9-11H2,(H,21,22,23,25)/t14-/m0/s1. The number of furan rings is 1. The molecule has 1 N–H and O–H groups in total. The van der Waals surface area contributed by atoms with E-state index in [1.54, 1.807) is 6.26 Å². The van der Waals surface area contributed by atoms with E-state index in [9.17, 15) is 9.59 Å². The molecule has 26 heavy (non-hydrogen) atoms. The minimum atomic E-state index is -0.194. The van der Waals surface area contributed by atoms with Gasteiger partial charge in [-0.15, -0.1) is 0 Å². The third kappa shape index (κ3) is 3.39. The number of anilines is 1. The van der Waals surface area contributed by atoms with Crippen molar-refractivity contribution in [2.45, 2.75) is 25.2 Å². The van der Waals surface area contributed by atoms with Gasteiger partial charge in [0.2, 0.25) is 11.9 Å². The Hall–Kier alpha value is -3.28. The number of hydrogen-bond acceptors (Lipinski definition) is 5. The first-order valence-electron chi connectivity index (χ1n) is 8.45. The minimum absolute atomic E-state index is 0.00480. The van der Waals surface area contributed by atoms with Gasteiger partial charge in [0, 0.05) is 25.0 Å². The second-order valence-corrected chi connectivity index (χ2v) is 6.31. The first-order valence-corrected chi connectivity index (χ1v) is 8.45. The fraction of sp³-hybridized carbons (Fsp3) is 0.200. The Bertz CT molecular complexity index is 936. The van der Waals surface area contributed by atoms with Crippen LogP contribution < -0.4 is 5.32 Å². The topological polar surface area (TPSA) is 85.1 Å². The van der Waals surface area contributed by atoms with Crippen molar-refractivity contribution in [3.05, 3.63) is 77.5 Å². The molecule has 2 aromatic heterocycles. The average molecular weight is 347 g/mol.